The van der Waals surface area contributed by atoms with Gasteiger partial charge in [0.2, 0.25) is 5.91 Å². The number of hydrogen-bond donors (Lipinski definition) is 2. The van der Waals surface area contributed by atoms with Crippen LogP contribution in [-0.4, -0.2) is 40.0 Å². The zero-order valence-corrected chi connectivity index (χ0v) is 25.6. The molecular weight excluding hydrogens is 538 g/mol. The summed E-state index contributed by atoms with van der Waals surface area (Å²) in [6.07, 6.45) is -0.508. The van der Waals surface area contributed by atoms with Crippen LogP contribution in [0.15, 0.2) is 78.9 Å². The molecule has 0 saturated heterocycles. The molecule has 8 heteroatoms. The van der Waals surface area contributed by atoms with Crippen molar-refractivity contribution in [2.45, 2.75) is 78.1 Å². The summed E-state index contributed by atoms with van der Waals surface area (Å²) in [5, 5.41) is 6.15. The summed E-state index contributed by atoms with van der Waals surface area (Å²) in [7, 11) is 0. The molecule has 0 radical (unpaired) electrons. The van der Waals surface area contributed by atoms with Gasteiger partial charge in [0.05, 0.1) is 10.7 Å². The zero-order chi connectivity index (χ0) is 30.4. The number of nitrogens with zero attached hydrogens (tertiary/aromatic N) is 1. The largest absolute Gasteiger partial charge is 0.444 e. The number of benzene rings is 3. The van der Waals surface area contributed by atoms with Crippen LogP contribution in [-0.2, 0) is 20.7 Å². The van der Waals surface area contributed by atoms with Gasteiger partial charge in [-0.25, -0.2) is 4.79 Å². The number of para-hydroxylation sites is 1. The SMILES string of the molecule is Cc1cccc(Cl)c1NC(=O)C(c1ccccc1)N(C(=O)C(Cc1ccccc1)NC(=O)OC(C)(C)C)C(C)(C)C. The molecule has 0 heterocycles. The normalized spacial score (nSPS) is 13.1. The lowest BCUT2D eigenvalue weighted by atomic mass is 9.94. The Kier molecular flexibility index (Phi) is 10.2. The highest BCUT2D eigenvalue weighted by Gasteiger charge is 2.42. The standard InChI is InChI=1S/C33H40ClN3O4/c1-22-15-14-20-25(34)27(22)36-29(38)28(24-18-12-9-13-19-24)37(32(2,3)4)30(39)26(21-23-16-10-8-11-17-23)35-31(40)41-33(5,6)7/h8-20,26,28H,21H2,1-7H3,(H,35,40)(H,36,38). The number of halogens is 1. The van der Waals surface area contributed by atoms with Crippen molar-refractivity contribution in [1.82, 2.24) is 10.2 Å². The van der Waals surface area contributed by atoms with Crippen LogP contribution in [0.1, 0.15) is 64.3 Å². The van der Waals surface area contributed by atoms with Crippen molar-refractivity contribution >= 4 is 35.2 Å². The van der Waals surface area contributed by atoms with Crippen molar-refractivity contribution in [3.8, 4) is 0 Å². The van der Waals surface area contributed by atoms with Crippen LogP contribution in [0.5, 0.6) is 0 Å². The Hall–Kier alpha value is -3.84. The van der Waals surface area contributed by atoms with Gasteiger partial charge in [0, 0.05) is 12.0 Å². The second kappa shape index (κ2) is 13.2. The van der Waals surface area contributed by atoms with Crippen LogP contribution in [0.2, 0.25) is 5.02 Å². The molecule has 0 bridgehead atoms. The topological polar surface area (TPSA) is 87.7 Å². The highest BCUT2D eigenvalue weighted by Crippen LogP contribution is 2.33. The number of aryl methyl sites for hydroxylation is 1. The van der Waals surface area contributed by atoms with Crippen molar-refractivity contribution < 1.29 is 19.1 Å². The molecule has 2 unspecified atom stereocenters. The van der Waals surface area contributed by atoms with E-state index < -0.39 is 41.1 Å². The lowest BCUT2D eigenvalue weighted by Gasteiger charge is -2.43. The number of nitrogens with one attached hydrogen (secondary N) is 2. The van der Waals surface area contributed by atoms with Crippen LogP contribution < -0.4 is 10.6 Å². The third kappa shape index (κ3) is 8.82. The number of carbonyl (C=O) groups excluding carboxylic acids is 3. The molecule has 2 N–H and O–H groups in total. The summed E-state index contributed by atoms with van der Waals surface area (Å²) in [6.45, 7) is 12.7. The highest BCUT2D eigenvalue weighted by atomic mass is 35.5. The third-order valence-corrected chi connectivity index (χ3v) is 6.64. The Morgan fingerprint density at radius 3 is 1.98 bits per heavy atom. The number of anilines is 1. The van der Waals surface area contributed by atoms with Crippen molar-refractivity contribution in [2.75, 3.05) is 5.32 Å². The first-order chi connectivity index (χ1) is 19.2. The molecule has 0 aliphatic rings. The van der Waals surface area contributed by atoms with Gasteiger partial charge < -0.3 is 20.3 Å². The maximum atomic E-state index is 14.6. The van der Waals surface area contributed by atoms with E-state index in [1.54, 1.807) is 26.8 Å². The van der Waals surface area contributed by atoms with Crippen LogP contribution in [0.25, 0.3) is 0 Å². The van der Waals surface area contributed by atoms with Crippen LogP contribution >= 0.6 is 11.6 Å². The fraction of sp³-hybridized carbons (Fsp3) is 0.364. The lowest BCUT2D eigenvalue weighted by molar-refractivity contribution is -0.146. The highest BCUT2D eigenvalue weighted by molar-refractivity contribution is 6.34. The summed E-state index contributed by atoms with van der Waals surface area (Å²) >= 11 is 6.45. The zero-order valence-electron chi connectivity index (χ0n) is 24.8. The molecule has 0 spiro atoms. The molecule has 3 aromatic carbocycles. The van der Waals surface area contributed by atoms with Gasteiger partial charge in [0.25, 0.3) is 5.91 Å². The Balaban J connectivity index is 2.09. The van der Waals surface area contributed by atoms with Crippen molar-refractivity contribution in [2.24, 2.45) is 0 Å². The van der Waals surface area contributed by atoms with E-state index in [2.05, 4.69) is 10.6 Å². The van der Waals surface area contributed by atoms with E-state index in [1.165, 1.54) is 4.90 Å². The van der Waals surface area contributed by atoms with Crippen molar-refractivity contribution in [1.29, 1.82) is 0 Å². The van der Waals surface area contributed by atoms with E-state index in [4.69, 9.17) is 16.3 Å². The van der Waals surface area contributed by atoms with E-state index in [1.807, 2.05) is 100 Å². The van der Waals surface area contributed by atoms with Crippen LogP contribution in [0, 0.1) is 6.92 Å². The molecule has 0 aliphatic heterocycles. The Morgan fingerprint density at radius 1 is 0.854 bits per heavy atom. The Labute approximate surface area is 248 Å². The third-order valence-electron chi connectivity index (χ3n) is 6.32. The molecule has 3 amide bonds. The van der Waals surface area contributed by atoms with Gasteiger partial charge in [-0.05, 0) is 71.2 Å². The van der Waals surface area contributed by atoms with Crippen molar-refractivity contribution in [3.63, 3.8) is 0 Å². The first-order valence-electron chi connectivity index (χ1n) is 13.6. The van der Waals surface area contributed by atoms with E-state index in [9.17, 15) is 14.4 Å². The molecular formula is C33H40ClN3O4. The van der Waals surface area contributed by atoms with Crippen LogP contribution in [0.3, 0.4) is 0 Å². The summed E-state index contributed by atoms with van der Waals surface area (Å²) in [5.74, 6) is -0.849. The number of hydrogen-bond acceptors (Lipinski definition) is 4. The maximum absolute atomic E-state index is 14.6. The number of amides is 3. The van der Waals surface area contributed by atoms with Gasteiger partial charge in [0.15, 0.2) is 0 Å². The second-order valence-electron chi connectivity index (χ2n) is 12.0. The number of ether oxygens (including phenoxy) is 1. The molecule has 0 saturated carbocycles. The van der Waals surface area contributed by atoms with E-state index in [-0.39, 0.29) is 6.42 Å². The Bertz CT molecular complexity index is 1330. The molecule has 7 nitrogen and oxygen atoms in total. The maximum Gasteiger partial charge on any atom is 0.408 e. The molecule has 0 aliphatic carbocycles. The van der Waals surface area contributed by atoms with E-state index >= 15 is 0 Å². The van der Waals surface area contributed by atoms with Gasteiger partial charge >= 0.3 is 6.09 Å². The quantitative estimate of drug-likeness (QED) is 0.299. The molecule has 3 aromatic rings. The van der Waals surface area contributed by atoms with Gasteiger partial charge in [-0.15, -0.1) is 0 Å². The van der Waals surface area contributed by atoms with Gasteiger partial charge in [-0.3, -0.25) is 9.59 Å². The fourth-order valence-electron chi connectivity index (χ4n) is 4.55. The average Bonchev–Trinajstić information content (AvgIpc) is 2.88. The lowest BCUT2D eigenvalue weighted by Crippen LogP contribution is -2.58. The summed E-state index contributed by atoms with van der Waals surface area (Å²) in [6, 6.07) is 21.8. The van der Waals surface area contributed by atoms with Gasteiger partial charge in [-0.1, -0.05) is 84.4 Å². The summed E-state index contributed by atoms with van der Waals surface area (Å²) < 4.78 is 5.50. The first kappa shape index (κ1) is 31.7. The van der Waals surface area contributed by atoms with E-state index in [0.29, 0.717) is 16.3 Å². The molecule has 3 rings (SSSR count). The van der Waals surface area contributed by atoms with Crippen molar-refractivity contribution in [3.05, 3.63) is 101 Å². The summed E-state index contributed by atoms with van der Waals surface area (Å²) in [5.41, 5.74) is 1.16. The summed E-state index contributed by atoms with van der Waals surface area (Å²) in [4.78, 5) is 43.1. The minimum atomic E-state index is -1.03. The minimum Gasteiger partial charge on any atom is -0.444 e. The van der Waals surface area contributed by atoms with E-state index in [0.717, 1.165) is 11.1 Å². The molecule has 218 valence electrons. The number of alkyl carbamates (subject to hydrolysis) is 1. The molecule has 2 atom stereocenters. The number of carbonyl (C=O) groups is 3. The minimum absolute atomic E-state index is 0.207. The predicted octanol–water partition coefficient (Wildman–Crippen LogP) is 7.09. The number of rotatable bonds is 8. The molecule has 41 heavy (non-hydrogen) atoms. The first-order valence-corrected chi connectivity index (χ1v) is 14.0. The van der Waals surface area contributed by atoms with Gasteiger partial charge in [-0.2, -0.15) is 0 Å². The van der Waals surface area contributed by atoms with Crippen LogP contribution in [0.4, 0.5) is 10.5 Å². The predicted molar refractivity (Wildman–Crippen MR) is 164 cm³/mol. The monoisotopic (exact) mass is 577 g/mol. The fourth-order valence-corrected chi connectivity index (χ4v) is 4.82. The van der Waals surface area contributed by atoms with Gasteiger partial charge in [0.1, 0.15) is 17.7 Å². The average molecular weight is 578 g/mol. The Morgan fingerprint density at radius 2 is 1.44 bits per heavy atom. The second-order valence-corrected chi connectivity index (χ2v) is 12.4. The smallest absolute Gasteiger partial charge is 0.408 e. The molecule has 0 aromatic heterocycles. The molecule has 0 fully saturated rings.